The van der Waals surface area contributed by atoms with Crippen LogP contribution in [0.5, 0.6) is 0 Å². The molecule has 10 atom stereocenters. The van der Waals surface area contributed by atoms with Crippen molar-refractivity contribution in [1.29, 1.82) is 0 Å². The number of halogens is 1. The normalized spacial score (nSPS) is 34.0. The van der Waals surface area contributed by atoms with Crippen molar-refractivity contribution in [3.05, 3.63) is 29.3 Å². The molecule has 226 valence electrons. The summed E-state index contributed by atoms with van der Waals surface area (Å²) in [6, 6.07) is 0. The molecule has 42 heavy (non-hydrogen) atoms. The first kappa shape index (κ1) is 28.9. The highest BCUT2D eigenvalue weighted by Gasteiger charge is 2.49. The van der Waals surface area contributed by atoms with Crippen molar-refractivity contribution in [1.82, 2.24) is 39.0 Å². The number of ether oxygens (including phenoxy) is 1. The van der Waals surface area contributed by atoms with E-state index < -0.39 is 68.5 Å². The molecule has 0 spiro atoms. The van der Waals surface area contributed by atoms with Crippen LogP contribution in [0.15, 0.2) is 23.8 Å². The van der Waals surface area contributed by atoms with Gasteiger partial charge in [-0.15, -0.1) is 8.58 Å². The van der Waals surface area contributed by atoms with Crippen molar-refractivity contribution in [2.75, 3.05) is 24.2 Å². The number of rotatable bonds is 3. The molecule has 2 bridgehead atoms. The lowest BCUT2D eigenvalue weighted by atomic mass is 10.0. The monoisotopic (exact) mass is 628 g/mol. The van der Waals surface area contributed by atoms with E-state index in [0.29, 0.717) is 11.2 Å². The summed E-state index contributed by atoms with van der Waals surface area (Å²) in [4.78, 5) is 45.3. The van der Waals surface area contributed by atoms with Gasteiger partial charge < -0.3 is 31.3 Å². The van der Waals surface area contributed by atoms with E-state index in [1.807, 2.05) is 0 Å². The van der Waals surface area contributed by atoms with Gasteiger partial charge in [-0.25, -0.2) is 28.9 Å². The molecule has 2 aliphatic heterocycles. The Bertz CT molecular complexity index is 1740. The zero-order chi connectivity index (χ0) is 29.9. The molecule has 0 aromatic carbocycles. The Morgan fingerprint density at radius 3 is 2.76 bits per heavy atom. The van der Waals surface area contributed by atoms with E-state index in [9.17, 15) is 24.5 Å². The molecule has 0 saturated carbocycles. The lowest BCUT2D eigenvalue weighted by molar-refractivity contribution is -0.0915. The highest BCUT2D eigenvalue weighted by molar-refractivity contribution is 7.47. The minimum absolute atomic E-state index is 0.130. The Labute approximate surface area is 236 Å². The van der Waals surface area contributed by atoms with E-state index in [4.69, 9.17) is 25.3 Å². The fourth-order valence-corrected chi connectivity index (χ4v) is 7.57. The number of hydrogen-bond acceptors (Lipinski definition) is 14. The van der Waals surface area contributed by atoms with Crippen molar-refractivity contribution in [3.8, 4) is 0 Å². The Morgan fingerprint density at radius 1 is 1.21 bits per heavy atom. The maximum absolute atomic E-state index is 15.8. The first-order valence-electron chi connectivity index (χ1n) is 12.7. The van der Waals surface area contributed by atoms with E-state index in [1.54, 1.807) is 6.92 Å². The van der Waals surface area contributed by atoms with Crippen LogP contribution in [0.1, 0.15) is 19.4 Å². The minimum atomic E-state index is -5.04. The topological polar surface area (TPSA) is 265 Å². The predicted molar refractivity (Wildman–Crippen MR) is 145 cm³/mol. The van der Waals surface area contributed by atoms with E-state index in [1.165, 1.54) is 17.2 Å². The number of phosphoric acid groups is 1. The zero-order valence-electron chi connectivity index (χ0n) is 21.8. The van der Waals surface area contributed by atoms with Crippen molar-refractivity contribution >= 4 is 50.5 Å². The summed E-state index contributed by atoms with van der Waals surface area (Å²) < 4.78 is 47.6. The maximum atomic E-state index is 15.8. The number of aromatic nitrogens is 8. The van der Waals surface area contributed by atoms with Gasteiger partial charge in [0.25, 0.3) is 5.56 Å². The van der Waals surface area contributed by atoms with Gasteiger partial charge in [-0.3, -0.25) is 28.0 Å². The number of nitrogen functional groups attached to an aromatic ring is 2. The van der Waals surface area contributed by atoms with Crippen LogP contribution >= 0.6 is 16.4 Å². The number of H-pyrrole nitrogens is 1. The van der Waals surface area contributed by atoms with Crippen LogP contribution in [0.3, 0.4) is 0 Å². The molecule has 18 nitrogen and oxygen atoms in total. The number of nitrogens with zero attached hydrogens (tertiary/aromatic N) is 7. The standard InChI is InChI=1S/C21H27FN10O8P2/c1-7-13(33)14(19(35)31-5-28-12-17(31)29-21(24)30-18(12)34)40-42(36,37)38-2-9-10(22)8(3-41-7)20(39-9)32-6-27-11-15(23)25-4-26-16(11)32/h4-10,13-14,19-20,33,35,41H,2-3H2,1H3,(H,36,37)(H2,23,25,26)(H3,24,29,30,34)/t7?,8-,9-,10+,13-,14-,19-,20-/m1/s1. The zero-order valence-corrected chi connectivity index (χ0v) is 23.7. The molecule has 21 heteroatoms. The Morgan fingerprint density at radius 2 is 1.98 bits per heavy atom. The molecular formula is C21H27FN10O8P2. The summed E-state index contributed by atoms with van der Waals surface area (Å²) in [7, 11) is -5.17. The van der Waals surface area contributed by atoms with Gasteiger partial charge in [-0.2, -0.15) is 4.98 Å². The number of alkyl halides is 1. The van der Waals surface area contributed by atoms with Crippen molar-refractivity contribution in [3.63, 3.8) is 0 Å². The number of nitrogens with one attached hydrogen (secondary N) is 1. The molecule has 2 fully saturated rings. The maximum Gasteiger partial charge on any atom is 0.472 e. The first-order valence-corrected chi connectivity index (χ1v) is 15.4. The van der Waals surface area contributed by atoms with Gasteiger partial charge in [0.05, 0.1) is 25.4 Å². The number of imidazole rings is 2. The second-order valence-electron chi connectivity index (χ2n) is 9.97. The number of nitrogens with two attached hydrogens (primary N) is 2. The number of fused-ring (bicyclic) bond motifs is 4. The summed E-state index contributed by atoms with van der Waals surface area (Å²) in [5, 5.41) is 22.5. The van der Waals surface area contributed by atoms with Gasteiger partial charge in [-0.1, -0.05) is 6.92 Å². The largest absolute Gasteiger partial charge is 0.472 e. The highest BCUT2D eigenvalue weighted by atomic mass is 31.2. The molecular weight excluding hydrogens is 601 g/mol. The molecule has 3 unspecified atom stereocenters. The molecule has 6 rings (SSSR count). The number of phosphoric ester groups is 1. The number of aromatic amines is 1. The summed E-state index contributed by atoms with van der Waals surface area (Å²) in [5.41, 5.74) is 10.4. The molecule has 0 aliphatic carbocycles. The van der Waals surface area contributed by atoms with Crippen LogP contribution < -0.4 is 17.0 Å². The van der Waals surface area contributed by atoms with E-state index >= 15 is 4.39 Å². The van der Waals surface area contributed by atoms with Gasteiger partial charge in [-0.05, 0) is 6.16 Å². The Balaban J connectivity index is 1.32. The number of aliphatic hydroxyl groups is 2. The molecule has 6 heterocycles. The van der Waals surface area contributed by atoms with Crippen LogP contribution in [0.25, 0.3) is 22.3 Å². The first-order chi connectivity index (χ1) is 19.9. The van der Waals surface area contributed by atoms with Crippen molar-refractivity contribution in [2.45, 2.75) is 49.5 Å². The highest BCUT2D eigenvalue weighted by Crippen LogP contribution is 2.50. The summed E-state index contributed by atoms with van der Waals surface area (Å²) in [5.74, 6) is -0.928. The van der Waals surface area contributed by atoms with Crippen LogP contribution in [0.2, 0.25) is 0 Å². The van der Waals surface area contributed by atoms with Gasteiger partial charge in [0.2, 0.25) is 5.95 Å². The molecule has 0 amide bonds. The average molecular weight is 628 g/mol. The third kappa shape index (κ3) is 5.05. The predicted octanol–water partition coefficient (Wildman–Crippen LogP) is -0.590. The molecule has 0 radical (unpaired) electrons. The minimum Gasteiger partial charge on any atom is -0.390 e. The van der Waals surface area contributed by atoms with Gasteiger partial charge >= 0.3 is 7.82 Å². The lowest BCUT2D eigenvalue weighted by Gasteiger charge is -2.33. The molecule has 4 aromatic rings. The van der Waals surface area contributed by atoms with Crippen LogP contribution in [0, 0.1) is 5.92 Å². The van der Waals surface area contributed by atoms with Crippen molar-refractivity contribution in [2.24, 2.45) is 5.92 Å². The molecule has 4 aromatic heterocycles. The average Bonchev–Trinajstić information content (AvgIpc) is 3.64. The van der Waals surface area contributed by atoms with E-state index in [0.717, 1.165) is 10.9 Å². The molecule has 8 N–H and O–H groups in total. The number of aliphatic hydroxyl groups excluding tert-OH is 2. The lowest BCUT2D eigenvalue weighted by Crippen LogP contribution is -2.42. The Hall–Kier alpha value is -3.15. The fraction of sp³-hybridized carbons (Fsp3) is 0.524. The van der Waals surface area contributed by atoms with Crippen LogP contribution in [0.4, 0.5) is 16.2 Å². The van der Waals surface area contributed by atoms with E-state index in [2.05, 4.69) is 29.9 Å². The summed E-state index contributed by atoms with van der Waals surface area (Å²) >= 11 is 0. The van der Waals surface area contributed by atoms with Crippen molar-refractivity contribution < 1.29 is 37.8 Å². The molecule has 2 saturated heterocycles. The van der Waals surface area contributed by atoms with Crippen LogP contribution in [-0.2, 0) is 18.3 Å². The molecule has 2 aliphatic rings. The van der Waals surface area contributed by atoms with Gasteiger partial charge in [0, 0.05) is 11.6 Å². The smallest absolute Gasteiger partial charge is 0.390 e. The van der Waals surface area contributed by atoms with Gasteiger partial charge in [0.1, 0.15) is 36.5 Å². The van der Waals surface area contributed by atoms with Gasteiger partial charge in [0.15, 0.2) is 28.9 Å². The Kier molecular flexibility index (Phi) is 7.47. The summed E-state index contributed by atoms with van der Waals surface area (Å²) in [6.45, 7) is 0.925. The fourth-order valence-electron chi connectivity index (χ4n) is 5.13. The number of anilines is 2. The quantitative estimate of drug-likeness (QED) is 0.155. The number of hydrogen-bond donors (Lipinski definition) is 6. The third-order valence-electron chi connectivity index (χ3n) is 7.32. The SMILES string of the molecule is CC1PC[C@@H]2[C@H](F)[C@@H](COP(=O)(O)O[C@@H]([C@@H](O)n3cnc4c(=O)[nH]c(N)nc43)[C@@H]1O)O[C@H]2n1cnc2c(N)ncnc21. The third-order valence-corrected chi connectivity index (χ3v) is 9.99. The second-order valence-corrected chi connectivity index (χ2v) is 13.1. The summed E-state index contributed by atoms with van der Waals surface area (Å²) in [6.07, 6.45) is -5.14. The second kappa shape index (κ2) is 10.8. The van der Waals surface area contributed by atoms with Crippen LogP contribution in [-0.4, -0.2) is 97.1 Å². The van der Waals surface area contributed by atoms with E-state index in [-0.39, 0.29) is 37.7 Å².